The fourth-order valence-corrected chi connectivity index (χ4v) is 6.75. The quantitative estimate of drug-likeness (QED) is 0.394. The molecular formula is C33H42. The molecule has 0 saturated heterocycles. The van der Waals surface area contributed by atoms with Crippen molar-refractivity contribution in [2.24, 2.45) is 17.8 Å². The zero-order chi connectivity index (χ0) is 22.8. The minimum Gasteiger partial charge on any atom is -0.0993 e. The standard InChI is InChI=1S/C33H42/c1-23(2)24(3)27-17-15-25(16-18-27)19-26-20-30(28-9-5-4-6-10-28)22-31(21-26)33-14-8-12-29-11-7-13-32(29)33/h7-8,12-14,20-23,25,27-28H,3-6,9-11,15-19H2,1-2H3. The van der Waals surface area contributed by atoms with Crippen molar-refractivity contribution >= 4 is 6.08 Å². The van der Waals surface area contributed by atoms with Gasteiger partial charge in [-0.3, -0.25) is 0 Å². The molecule has 2 saturated carbocycles. The van der Waals surface area contributed by atoms with E-state index in [4.69, 9.17) is 0 Å². The van der Waals surface area contributed by atoms with Crippen LogP contribution in [0.15, 0.2) is 54.6 Å². The van der Waals surface area contributed by atoms with E-state index in [0.717, 1.165) is 24.2 Å². The van der Waals surface area contributed by atoms with Crippen LogP contribution in [0.4, 0.5) is 0 Å². The van der Waals surface area contributed by atoms with E-state index >= 15 is 0 Å². The molecule has 0 N–H and O–H groups in total. The second-order valence-electron chi connectivity index (χ2n) is 11.4. The molecule has 0 aromatic heterocycles. The van der Waals surface area contributed by atoms with E-state index in [1.165, 1.54) is 92.0 Å². The van der Waals surface area contributed by atoms with Crippen LogP contribution in [0.5, 0.6) is 0 Å². The number of hydrogen-bond donors (Lipinski definition) is 0. The molecule has 0 heteroatoms. The van der Waals surface area contributed by atoms with Crippen LogP contribution in [0, 0.1) is 17.8 Å². The SMILES string of the molecule is C=C(C(C)C)C1CCC(Cc2cc(-c3cccc4c3C=CC4)cc(C3CCCCC3)c2)CC1. The first-order valence-electron chi connectivity index (χ1n) is 13.7. The first-order chi connectivity index (χ1) is 16.1. The summed E-state index contributed by atoms with van der Waals surface area (Å²) in [5.41, 5.74) is 10.5. The molecule has 0 spiro atoms. The van der Waals surface area contributed by atoms with Crippen molar-refractivity contribution in [1.29, 1.82) is 0 Å². The predicted octanol–water partition coefficient (Wildman–Crippen LogP) is 9.53. The third kappa shape index (κ3) is 5.06. The zero-order valence-corrected chi connectivity index (χ0v) is 20.9. The molecule has 0 nitrogen and oxygen atoms in total. The molecule has 5 rings (SSSR count). The van der Waals surface area contributed by atoms with E-state index < -0.39 is 0 Å². The van der Waals surface area contributed by atoms with Crippen LogP contribution >= 0.6 is 0 Å². The van der Waals surface area contributed by atoms with Gasteiger partial charge in [-0.05, 0) is 108 Å². The van der Waals surface area contributed by atoms with Crippen molar-refractivity contribution in [1.82, 2.24) is 0 Å². The molecule has 0 unspecified atom stereocenters. The maximum absolute atomic E-state index is 4.42. The van der Waals surface area contributed by atoms with Gasteiger partial charge in [-0.25, -0.2) is 0 Å². The Labute approximate surface area is 202 Å². The van der Waals surface area contributed by atoms with Crippen molar-refractivity contribution < 1.29 is 0 Å². The maximum atomic E-state index is 4.42. The van der Waals surface area contributed by atoms with E-state index in [2.05, 4.69) is 69.0 Å². The Morgan fingerprint density at radius 1 is 0.939 bits per heavy atom. The van der Waals surface area contributed by atoms with Gasteiger partial charge in [0.15, 0.2) is 0 Å². The fraction of sp³-hybridized carbons (Fsp3) is 0.515. The van der Waals surface area contributed by atoms with E-state index in [1.807, 2.05) is 0 Å². The van der Waals surface area contributed by atoms with Crippen molar-refractivity contribution in [3.63, 3.8) is 0 Å². The highest BCUT2D eigenvalue weighted by Gasteiger charge is 2.25. The monoisotopic (exact) mass is 438 g/mol. The lowest BCUT2D eigenvalue weighted by Crippen LogP contribution is -2.19. The smallest absolute Gasteiger partial charge is 0.00879 e. The number of benzene rings is 2. The molecule has 2 fully saturated rings. The van der Waals surface area contributed by atoms with Crippen molar-refractivity contribution in [2.45, 2.75) is 90.4 Å². The van der Waals surface area contributed by atoms with Gasteiger partial charge in [0.05, 0.1) is 0 Å². The van der Waals surface area contributed by atoms with Gasteiger partial charge in [-0.15, -0.1) is 0 Å². The van der Waals surface area contributed by atoms with Crippen LogP contribution in [-0.4, -0.2) is 0 Å². The summed E-state index contributed by atoms with van der Waals surface area (Å²) < 4.78 is 0. The zero-order valence-electron chi connectivity index (χ0n) is 20.9. The topological polar surface area (TPSA) is 0 Å². The Bertz CT molecular complexity index is 1010. The van der Waals surface area contributed by atoms with Gasteiger partial charge in [-0.1, -0.05) is 93.8 Å². The van der Waals surface area contributed by atoms with E-state index in [0.29, 0.717) is 5.92 Å². The molecule has 3 aliphatic rings. The highest BCUT2D eigenvalue weighted by atomic mass is 14.3. The third-order valence-corrected chi connectivity index (χ3v) is 8.86. The molecule has 2 aromatic carbocycles. The largest absolute Gasteiger partial charge is 0.0993 e. The molecule has 0 aliphatic heterocycles. The van der Waals surface area contributed by atoms with Crippen molar-refractivity contribution in [3.8, 4) is 11.1 Å². The second kappa shape index (κ2) is 10.0. The first-order valence-corrected chi connectivity index (χ1v) is 13.7. The highest BCUT2D eigenvalue weighted by molar-refractivity contribution is 5.80. The van der Waals surface area contributed by atoms with Crippen molar-refractivity contribution in [2.75, 3.05) is 0 Å². The maximum Gasteiger partial charge on any atom is -0.00879 e. The lowest BCUT2D eigenvalue weighted by atomic mass is 9.74. The average molecular weight is 439 g/mol. The van der Waals surface area contributed by atoms with Gasteiger partial charge in [0.1, 0.15) is 0 Å². The predicted molar refractivity (Wildman–Crippen MR) is 144 cm³/mol. The Kier molecular flexibility index (Phi) is 6.91. The molecule has 0 radical (unpaired) electrons. The Morgan fingerprint density at radius 3 is 2.48 bits per heavy atom. The van der Waals surface area contributed by atoms with Crippen LogP contribution in [0.2, 0.25) is 0 Å². The van der Waals surface area contributed by atoms with Gasteiger partial charge in [0.25, 0.3) is 0 Å². The van der Waals surface area contributed by atoms with Gasteiger partial charge in [-0.2, -0.15) is 0 Å². The van der Waals surface area contributed by atoms with Crippen LogP contribution < -0.4 is 0 Å². The number of hydrogen-bond acceptors (Lipinski definition) is 0. The highest BCUT2D eigenvalue weighted by Crippen LogP contribution is 2.40. The molecule has 0 amide bonds. The summed E-state index contributed by atoms with van der Waals surface area (Å²) in [4.78, 5) is 0. The van der Waals surface area contributed by atoms with Crippen LogP contribution in [0.1, 0.15) is 99.8 Å². The van der Waals surface area contributed by atoms with E-state index in [1.54, 1.807) is 11.1 Å². The summed E-state index contributed by atoms with van der Waals surface area (Å²) >= 11 is 0. The Morgan fingerprint density at radius 2 is 1.73 bits per heavy atom. The van der Waals surface area contributed by atoms with Crippen molar-refractivity contribution in [3.05, 3.63) is 76.9 Å². The molecular weight excluding hydrogens is 396 g/mol. The minimum absolute atomic E-state index is 0.628. The van der Waals surface area contributed by atoms with Crippen LogP contribution in [0.3, 0.4) is 0 Å². The van der Waals surface area contributed by atoms with Gasteiger partial charge < -0.3 is 0 Å². The molecule has 3 aliphatic carbocycles. The summed E-state index contributed by atoms with van der Waals surface area (Å²) in [6, 6.07) is 14.6. The molecule has 33 heavy (non-hydrogen) atoms. The molecule has 0 heterocycles. The number of fused-ring (bicyclic) bond motifs is 1. The van der Waals surface area contributed by atoms with Gasteiger partial charge in [0, 0.05) is 0 Å². The number of allylic oxidation sites excluding steroid dienone is 2. The summed E-state index contributed by atoms with van der Waals surface area (Å²) in [5, 5.41) is 0. The molecule has 0 atom stereocenters. The Hall–Kier alpha value is -2.08. The minimum atomic E-state index is 0.628. The van der Waals surface area contributed by atoms with E-state index in [-0.39, 0.29) is 0 Å². The summed E-state index contributed by atoms with van der Waals surface area (Å²) in [7, 11) is 0. The summed E-state index contributed by atoms with van der Waals surface area (Å²) in [6.07, 6.45) is 19.4. The van der Waals surface area contributed by atoms with Gasteiger partial charge in [0.2, 0.25) is 0 Å². The lowest BCUT2D eigenvalue weighted by molar-refractivity contribution is 0.290. The second-order valence-corrected chi connectivity index (χ2v) is 11.4. The van der Waals surface area contributed by atoms with Crippen LogP contribution in [-0.2, 0) is 12.8 Å². The summed E-state index contributed by atoms with van der Waals surface area (Å²) in [5.74, 6) is 2.97. The normalized spacial score (nSPS) is 23.1. The van der Waals surface area contributed by atoms with Gasteiger partial charge >= 0.3 is 0 Å². The summed E-state index contributed by atoms with van der Waals surface area (Å²) in [6.45, 7) is 9.03. The fourth-order valence-electron chi connectivity index (χ4n) is 6.75. The molecule has 0 bridgehead atoms. The first kappa shape index (κ1) is 22.7. The molecule has 2 aromatic rings. The van der Waals surface area contributed by atoms with E-state index in [9.17, 15) is 0 Å². The number of rotatable bonds is 6. The van der Waals surface area contributed by atoms with Crippen LogP contribution in [0.25, 0.3) is 17.2 Å². The lowest BCUT2D eigenvalue weighted by Gasteiger charge is -2.31. The third-order valence-electron chi connectivity index (χ3n) is 8.86. The molecule has 174 valence electrons. The Balaban J connectivity index is 1.40. The average Bonchev–Trinajstić information content (AvgIpc) is 3.33.